The molecule has 21 heavy (non-hydrogen) atoms. The summed E-state index contributed by atoms with van der Waals surface area (Å²) in [7, 11) is 0. The van der Waals surface area contributed by atoms with E-state index in [1.54, 1.807) is 18.2 Å². The van der Waals surface area contributed by atoms with E-state index in [2.05, 4.69) is 11.4 Å². The highest BCUT2D eigenvalue weighted by molar-refractivity contribution is 7.99. The molecule has 1 atom stereocenters. The molecule has 0 aliphatic carbocycles. The van der Waals surface area contributed by atoms with Crippen LogP contribution in [0.5, 0.6) is 0 Å². The molecule has 6 heteroatoms. The van der Waals surface area contributed by atoms with Crippen LogP contribution in [0.15, 0.2) is 46.0 Å². The summed E-state index contributed by atoms with van der Waals surface area (Å²) in [5.41, 5.74) is 1.33. The number of nitrogens with zero attached hydrogens (tertiary/aromatic N) is 1. The number of nitriles is 1. The summed E-state index contributed by atoms with van der Waals surface area (Å²) in [6, 6.07) is 11.0. The summed E-state index contributed by atoms with van der Waals surface area (Å²) in [6.07, 6.45) is -0.698. The second-order valence-electron chi connectivity index (χ2n) is 4.26. The first-order chi connectivity index (χ1) is 10.2. The van der Waals surface area contributed by atoms with Gasteiger partial charge in [-0.3, -0.25) is 4.79 Å². The predicted molar refractivity (Wildman–Crippen MR) is 84.4 cm³/mol. The Morgan fingerprint density at radius 1 is 1.48 bits per heavy atom. The topological polar surface area (TPSA) is 73.1 Å². The number of aliphatic hydroxyl groups excluding tert-OH is 1. The van der Waals surface area contributed by atoms with E-state index in [1.165, 1.54) is 23.1 Å². The van der Waals surface area contributed by atoms with E-state index < -0.39 is 6.10 Å². The Morgan fingerprint density at radius 3 is 3.05 bits per heavy atom. The zero-order valence-electron chi connectivity index (χ0n) is 11.2. The van der Waals surface area contributed by atoms with Crippen molar-refractivity contribution in [2.24, 2.45) is 0 Å². The molecule has 0 radical (unpaired) electrons. The van der Waals surface area contributed by atoms with Crippen LogP contribution in [0.2, 0.25) is 0 Å². The minimum Gasteiger partial charge on any atom is -0.387 e. The Hall–Kier alpha value is -1.81. The highest BCUT2D eigenvalue weighted by atomic mass is 32.2. The predicted octanol–water partition coefficient (Wildman–Crippen LogP) is 2.83. The lowest BCUT2D eigenvalue weighted by Crippen LogP contribution is -2.28. The van der Waals surface area contributed by atoms with Crippen molar-refractivity contribution >= 4 is 29.0 Å². The maximum atomic E-state index is 12.1. The maximum absolute atomic E-state index is 12.1. The highest BCUT2D eigenvalue weighted by Crippen LogP contribution is 2.19. The van der Waals surface area contributed by atoms with Crippen molar-refractivity contribution in [1.29, 1.82) is 5.26 Å². The first-order valence-corrected chi connectivity index (χ1v) is 8.21. The van der Waals surface area contributed by atoms with Crippen LogP contribution >= 0.6 is 23.1 Å². The molecule has 0 aliphatic rings. The van der Waals surface area contributed by atoms with Crippen LogP contribution < -0.4 is 5.32 Å². The van der Waals surface area contributed by atoms with Crippen molar-refractivity contribution in [1.82, 2.24) is 5.32 Å². The van der Waals surface area contributed by atoms with E-state index in [9.17, 15) is 9.90 Å². The summed E-state index contributed by atoms with van der Waals surface area (Å²) in [5.74, 6) is 0.116. The maximum Gasteiger partial charge on any atom is 0.251 e. The third kappa shape index (κ3) is 4.60. The Morgan fingerprint density at radius 2 is 2.33 bits per heavy atom. The molecule has 1 aromatic carbocycles. The molecule has 108 valence electrons. The standard InChI is InChI=1S/C15H14N2O2S2/c16-5-7-21-13-3-1-2-11(8-13)15(19)17-9-14(18)12-4-6-20-10-12/h1-4,6,8,10,14,18H,7,9H2,(H,17,19). The van der Waals surface area contributed by atoms with Gasteiger partial charge in [-0.25, -0.2) is 0 Å². The Bertz CT molecular complexity index is 635. The van der Waals surface area contributed by atoms with Crippen LogP contribution in [0, 0.1) is 11.3 Å². The molecule has 0 saturated heterocycles. The fraction of sp³-hybridized carbons (Fsp3) is 0.200. The van der Waals surface area contributed by atoms with Gasteiger partial charge in [0.05, 0.1) is 17.9 Å². The van der Waals surface area contributed by atoms with Crippen molar-refractivity contribution in [3.05, 3.63) is 52.2 Å². The number of carbonyl (C=O) groups excluding carboxylic acids is 1. The monoisotopic (exact) mass is 318 g/mol. The van der Waals surface area contributed by atoms with Gasteiger partial charge in [-0.1, -0.05) is 6.07 Å². The molecule has 1 unspecified atom stereocenters. The van der Waals surface area contributed by atoms with Crippen LogP contribution in [-0.4, -0.2) is 23.3 Å². The molecular formula is C15H14N2O2S2. The fourth-order valence-electron chi connectivity index (χ4n) is 1.72. The number of hydrogen-bond acceptors (Lipinski definition) is 5. The van der Waals surface area contributed by atoms with Gasteiger partial charge in [-0.2, -0.15) is 16.6 Å². The third-order valence-corrected chi connectivity index (χ3v) is 4.35. The van der Waals surface area contributed by atoms with Crippen LogP contribution in [-0.2, 0) is 0 Å². The Kier molecular flexibility index (Phi) is 5.81. The highest BCUT2D eigenvalue weighted by Gasteiger charge is 2.11. The molecule has 0 saturated carbocycles. The average molecular weight is 318 g/mol. The van der Waals surface area contributed by atoms with Crippen LogP contribution in [0.1, 0.15) is 22.0 Å². The molecule has 2 aromatic rings. The van der Waals surface area contributed by atoms with Crippen molar-refractivity contribution in [2.45, 2.75) is 11.0 Å². The number of aliphatic hydroxyl groups is 1. The van der Waals surface area contributed by atoms with Gasteiger partial charge in [0.25, 0.3) is 5.91 Å². The van der Waals surface area contributed by atoms with Gasteiger partial charge < -0.3 is 10.4 Å². The van der Waals surface area contributed by atoms with Crippen LogP contribution in [0.4, 0.5) is 0 Å². The van der Waals surface area contributed by atoms with Crippen LogP contribution in [0.3, 0.4) is 0 Å². The Balaban J connectivity index is 1.92. The van der Waals surface area contributed by atoms with Gasteiger partial charge >= 0.3 is 0 Å². The zero-order valence-corrected chi connectivity index (χ0v) is 12.8. The average Bonchev–Trinajstić information content (AvgIpc) is 3.05. The summed E-state index contributed by atoms with van der Waals surface area (Å²) >= 11 is 2.89. The van der Waals surface area contributed by atoms with Gasteiger partial charge in [0, 0.05) is 17.0 Å². The second kappa shape index (κ2) is 7.84. The smallest absolute Gasteiger partial charge is 0.251 e. The number of nitrogens with one attached hydrogen (secondary N) is 1. The lowest BCUT2D eigenvalue weighted by Gasteiger charge is -2.11. The second-order valence-corrected chi connectivity index (χ2v) is 6.09. The van der Waals surface area contributed by atoms with Gasteiger partial charge in [0.1, 0.15) is 0 Å². The molecule has 1 aromatic heterocycles. The Labute approximate surface area is 131 Å². The van der Waals surface area contributed by atoms with Crippen molar-refractivity contribution in [3.63, 3.8) is 0 Å². The lowest BCUT2D eigenvalue weighted by atomic mass is 10.2. The summed E-state index contributed by atoms with van der Waals surface area (Å²) in [6.45, 7) is 0.172. The van der Waals surface area contributed by atoms with E-state index in [4.69, 9.17) is 5.26 Å². The van der Waals surface area contributed by atoms with Gasteiger partial charge in [-0.05, 0) is 40.6 Å². The molecule has 0 bridgehead atoms. The van der Waals surface area contributed by atoms with Gasteiger partial charge in [-0.15, -0.1) is 11.8 Å². The quantitative estimate of drug-likeness (QED) is 0.803. The fourth-order valence-corrected chi connectivity index (χ4v) is 3.04. The number of rotatable bonds is 6. The number of thiophene rings is 1. The first kappa shape index (κ1) is 15.6. The van der Waals surface area contributed by atoms with Crippen molar-refractivity contribution < 1.29 is 9.90 Å². The molecule has 2 rings (SSSR count). The number of thioether (sulfide) groups is 1. The zero-order chi connectivity index (χ0) is 15.1. The molecular weight excluding hydrogens is 304 g/mol. The molecule has 2 N–H and O–H groups in total. The van der Waals surface area contributed by atoms with Gasteiger partial charge in [0.2, 0.25) is 0 Å². The SMILES string of the molecule is N#CCSc1cccc(C(=O)NCC(O)c2ccsc2)c1. The summed E-state index contributed by atoms with van der Waals surface area (Å²) < 4.78 is 0. The number of hydrogen-bond donors (Lipinski definition) is 2. The van der Waals surface area contributed by atoms with Gasteiger partial charge in [0.15, 0.2) is 0 Å². The van der Waals surface area contributed by atoms with E-state index >= 15 is 0 Å². The molecule has 1 heterocycles. The summed E-state index contributed by atoms with van der Waals surface area (Å²) in [5, 5.41) is 24.9. The molecule has 1 amide bonds. The van der Waals surface area contributed by atoms with E-state index in [0.717, 1.165) is 10.5 Å². The summed E-state index contributed by atoms with van der Waals surface area (Å²) in [4.78, 5) is 12.9. The molecule has 0 aliphatic heterocycles. The first-order valence-electron chi connectivity index (χ1n) is 6.29. The van der Waals surface area contributed by atoms with Crippen molar-refractivity contribution in [2.75, 3.05) is 12.3 Å². The van der Waals surface area contributed by atoms with E-state index in [1.807, 2.05) is 22.9 Å². The van der Waals surface area contributed by atoms with Crippen LogP contribution in [0.25, 0.3) is 0 Å². The minimum atomic E-state index is -0.698. The number of benzene rings is 1. The van der Waals surface area contributed by atoms with Crippen molar-refractivity contribution in [3.8, 4) is 6.07 Å². The third-order valence-electron chi connectivity index (χ3n) is 2.78. The number of amides is 1. The lowest BCUT2D eigenvalue weighted by molar-refractivity contribution is 0.0916. The number of carbonyl (C=O) groups is 1. The minimum absolute atomic E-state index is 0.172. The largest absolute Gasteiger partial charge is 0.387 e. The van der Waals surface area contributed by atoms with E-state index in [-0.39, 0.29) is 12.5 Å². The molecule has 0 fully saturated rings. The normalized spacial score (nSPS) is 11.6. The van der Waals surface area contributed by atoms with E-state index in [0.29, 0.717) is 11.3 Å². The molecule has 0 spiro atoms. The molecule has 4 nitrogen and oxygen atoms in total.